The Balaban J connectivity index is 0.00000242. The van der Waals surface area contributed by atoms with Gasteiger partial charge in [0.05, 0.1) is 13.7 Å². The number of hydrogen-bond acceptors (Lipinski definition) is 4. The third-order valence-electron chi connectivity index (χ3n) is 4.01. The van der Waals surface area contributed by atoms with Gasteiger partial charge in [0, 0.05) is 30.7 Å². The minimum Gasteiger partial charge on any atom is -0.493 e. The molecule has 1 aromatic carbocycles. The summed E-state index contributed by atoms with van der Waals surface area (Å²) in [7, 11) is 1.58. The number of methoxy groups -OCH3 is 1. The fraction of sp³-hybridized carbons (Fsp3) is 0.562. The molecule has 0 aromatic heterocycles. The molecule has 1 saturated heterocycles. The molecule has 1 fully saturated rings. The molecule has 1 N–H and O–H groups in total. The van der Waals surface area contributed by atoms with Crippen LogP contribution in [0.5, 0.6) is 11.5 Å². The molecule has 1 aliphatic rings. The lowest BCUT2D eigenvalue weighted by Crippen LogP contribution is -2.57. The number of rotatable bonds is 4. The lowest BCUT2D eigenvalue weighted by atomic mass is 10.1. The van der Waals surface area contributed by atoms with Crippen LogP contribution in [0, 0.1) is 0 Å². The van der Waals surface area contributed by atoms with Gasteiger partial charge in [-0.1, -0.05) is 0 Å². The van der Waals surface area contributed by atoms with E-state index < -0.39 is 0 Å². The summed E-state index contributed by atoms with van der Waals surface area (Å²) in [5, 5.41) is 3.38. The molecule has 124 valence electrons. The van der Waals surface area contributed by atoms with Gasteiger partial charge >= 0.3 is 0 Å². The summed E-state index contributed by atoms with van der Waals surface area (Å²) < 4.78 is 10.8. The van der Waals surface area contributed by atoms with Gasteiger partial charge in [-0.2, -0.15) is 0 Å². The molecule has 6 heteroatoms. The zero-order chi connectivity index (χ0) is 15.4. The van der Waals surface area contributed by atoms with Crippen LogP contribution in [0.4, 0.5) is 0 Å². The molecule has 0 bridgehead atoms. The fourth-order valence-electron chi connectivity index (χ4n) is 2.58. The topological polar surface area (TPSA) is 50.8 Å². The second kappa shape index (κ2) is 8.25. The van der Waals surface area contributed by atoms with Gasteiger partial charge in [-0.05, 0) is 39.0 Å². The molecular formula is C16H25ClN2O3. The van der Waals surface area contributed by atoms with Crippen LogP contribution in [-0.4, -0.2) is 49.7 Å². The quantitative estimate of drug-likeness (QED) is 0.921. The van der Waals surface area contributed by atoms with E-state index in [2.05, 4.69) is 19.2 Å². The first-order valence-electron chi connectivity index (χ1n) is 7.43. The molecule has 1 aliphatic heterocycles. The molecule has 0 spiro atoms. The molecule has 2 unspecified atom stereocenters. The first-order valence-corrected chi connectivity index (χ1v) is 7.43. The second-order valence-corrected chi connectivity index (χ2v) is 5.28. The molecule has 0 saturated carbocycles. The van der Waals surface area contributed by atoms with Crippen LogP contribution < -0.4 is 14.8 Å². The maximum atomic E-state index is 12.7. The van der Waals surface area contributed by atoms with Gasteiger partial charge in [0.25, 0.3) is 5.91 Å². The number of amides is 1. The van der Waals surface area contributed by atoms with Crippen molar-refractivity contribution in [1.29, 1.82) is 0 Å². The van der Waals surface area contributed by atoms with Crippen LogP contribution in [0.2, 0.25) is 0 Å². The van der Waals surface area contributed by atoms with Crippen molar-refractivity contribution in [2.45, 2.75) is 32.9 Å². The number of benzene rings is 1. The maximum absolute atomic E-state index is 12.7. The molecule has 22 heavy (non-hydrogen) atoms. The van der Waals surface area contributed by atoms with Crippen molar-refractivity contribution >= 4 is 18.3 Å². The summed E-state index contributed by atoms with van der Waals surface area (Å²) in [6.07, 6.45) is 0. The van der Waals surface area contributed by atoms with Gasteiger partial charge in [-0.15, -0.1) is 12.4 Å². The molecule has 2 atom stereocenters. The van der Waals surface area contributed by atoms with Crippen molar-refractivity contribution in [2.24, 2.45) is 0 Å². The van der Waals surface area contributed by atoms with Gasteiger partial charge in [0.15, 0.2) is 11.5 Å². The average Bonchev–Trinajstić information content (AvgIpc) is 2.50. The van der Waals surface area contributed by atoms with Crippen LogP contribution in [0.25, 0.3) is 0 Å². The van der Waals surface area contributed by atoms with Crippen LogP contribution in [-0.2, 0) is 0 Å². The number of piperazine rings is 1. The smallest absolute Gasteiger partial charge is 0.254 e. The molecule has 1 heterocycles. The molecule has 0 aliphatic carbocycles. The van der Waals surface area contributed by atoms with E-state index in [1.54, 1.807) is 25.3 Å². The average molecular weight is 329 g/mol. The highest BCUT2D eigenvalue weighted by Crippen LogP contribution is 2.29. The monoisotopic (exact) mass is 328 g/mol. The zero-order valence-electron chi connectivity index (χ0n) is 13.6. The Morgan fingerprint density at radius 2 is 2.09 bits per heavy atom. The summed E-state index contributed by atoms with van der Waals surface area (Å²) in [6, 6.07) is 5.82. The minimum atomic E-state index is 0. The van der Waals surface area contributed by atoms with E-state index >= 15 is 0 Å². The maximum Gasteiger partial charge on any atom is 0.254 e. The largest absolute Gasteiger partial charge is 0.493 e. The van der Waals surface area contributed by atoms with Crippen LogP contribution in [0.1, 0.15) is 31.1 Å². The van der Waals surface area contributed by atoms with E-state index in [4.69, 9.17) is 9.47 Å². The number of carbonyl (C=O) groups excluding carboxylic acids is 1. The number of carbonyl (C=O) groups is 1. The Hall–Kier alpha value is -1.46. The predicted molar refractivity (Wildman–Crippen MR) is 89.4 cm³/mol. The summed E-state index contributed by atoms with van der Waals surface area (Å²) in [5.74, 6) is 1.30. The Bertz CT molecular complexity index is 510. The zero-order valence-corrected chi connectivity index (χ0v) is 14.4. The third-order valence-corrected chi connectivity index (χ3v) is 4.01. The van der Waals surface area contributed by atoms with Crippen LogP contribution in [0.3, 0.4) is 0 Å². The van der Waals surface area contributed by atoms with Crippen LogP contribution >= 0.6 is 12.4 Å². The first kappa shape index (κ1) is 18.6. The normalized spacial score (nSPS) is 21.0. The summed E-state index contributed by atoms with van der Waals surface area (Å²) >= 11 is 0. The first-order chi connectivity index (χ1) is 10.1. The third kappa shape index (κ3) is 3.84. The molecule has 5 nitrogen and oxygen atoms in total. The Kier molecular flexibility index (Phi) is 6.97. The Morgan fingerprint density at radius 3 is 2.73 bits per heavy atom. The van der Waals surface area contributed by atoms with Crippen molar-refractivity contribution < 1.29 is 14.3 Å². The van der Waals surface area contributed by atoms with E-state index in [0.29, 0.717) is 29.7 Å². The summed E-state index contributed by atoms with van der Waals surface area (Å²) in [6.45, 7) is 8.20. The van der Waals surface area contributed by atoms with Gasteiger partial charge in [0.2, 0.25) is 0 Å². The van der Waals surface area contributed by atoms with Gasteiger partial charge in [0.1, 0.15) is 0 Å². The number of nitrogens with one attached hydrogen (secondary N) is 1. The van der Waals surface area contributed by atoms with Gasteiger partial charge < -0.3 is 19.7 Å². The highest BCUT2D eigenvalue weighted by Gasteiger charge is 2.29. The lowest BCUT2D eigenvalue weighted by molar-refractivity contribution is 0.0602. The standard InChI is InChI=1S/C16H24N2O3.ClH/c1-5-21-14-7-6-13(10-15(14)20-4)16(19)18-9-8-17-11(2)12(18)3;/h6-7,10-12,17H,5,8-9H2,1-4H3;1H. The predicted octanol–water partition coefficient (Wildman–Crippen LogP) is 2.34. The van der Waals surface area contributed by atoms with Crippen molar-refractivity contribution in [3.8, 4) is 11.5 Å². The van der Waals surface area contributed by atoms with Crippen molar-refractivity contribution in [1.82, 2.24) is 10.2 Å². The van der Waals surface area contributed by atoms with Crippen molar-refractivity contribution in [3.63, 3.8) is 0 Å². The van der Waals surface area contributed by atoms with E-state index in [1.807, 2.05) is 11.8 Å². The van der Waals surface area contributed by atoms with E-state index in [-0.39, 0.29) is 24.4 Å². The molecular weight excluding hydrogens is 304 g/mol. The number of halogens is 1. The molecule has 0 radical (unpaired) electrons. The summed E-state index contributed by atoms with van der Waals surface area (Å²) in [4.78, 5) is 14.6. The highest BCUT2D eigenvalue weighted by atomic mass is 35.5. The Labute approximate surface area is 138 Å². The van der Waals surface area contributed by atoms with E-state index in [9.17, 15) is 4.79 Å². The fourth-order valence-corrected chi connectivity index (χ4v) is 2.58. The van der Waals surface area contributed by atoms with Gasteiger partial charge in [-0.3, -0.25) is 4.79 Å². The van der Waals surface area contributed by atoms with Crippen LogP contribution in [0.15, 0.2) is 18.2 Å². The van der Waals surface area contributed by atoms with Crippen molar-refractivity contribution in [2.75, 3.05) is 26.8 Å². The van der Waals surface area contributed by atoms with E-state index in [0.717, 1.165) is 13.1 Å². The highest BCUT2D eigenvalue weighted by molar-refractivity contribution is 5.95. The number of hydrogen-bond donors (Lipinski definition) is 1. The van der Waals surface area contributed by atoms with E-state index in [1.165, 1.54) is 0 Å². The number of nitrogens with zero attached hydrogens (tertiary/aromatic N) is 1. The summed E-state index contributed by atoms with van der Waals surface area (Å²) in [5.41, 5.74) is 0.635. The van der Waals surface area contributed by atoms with Crippen molar-refractivity contribution in [3.05, 3.63) is 23.8 Å². The SMILES string of the molecule is CCOc1ccc(C(=O)N2CCNC(C)C2C)cc1OC.Cl. The molecule has 2 rings (SSSR count). The molecule has 1 amide bonds. The minimum absolute atomic E-state index is 0. The lowest BCUT2D eigenvalue weighted by Gasteiger charge is -2.38. The van der Waals surface area contributed by atoms with Gasteiger partial charge in [-0.25, -0.2) is 0 Å². The second-order valence-electron chi connectivity index (χ2n) is 5.28. The number of ether oxygens (including phenoxy) is 2. The molecule has 1 aromatic rings. The Morgan fingerprint density at radius 1 is 1.36 bits per heavy atom.